The van der Waals surface area contributed by atoms with Crippen LogP contribution in [0.4, 0.5) is 0 Å². The Balaban J connectivity index is 1.50. The van der Waals surface area contributed by atoms with Crippen LogP contribution in [0.1, 0.15) is 34.5 Å². The van der Waals surface area contributed by atoms with Gasteiger partial charge in [0.25, 0.3) is 0 Å². The summed E-state index contributed by atoms with van der Waals surface area (Å²) in [7, 11) is 0. The lowest BCUT2D eigenvalue weighted by molar-refractivity contribution is 0.0690. The molecule has 0 amide bonds. The summed E-state index contributed by atoms with van der Waals surface area (Å²) in [5.74, 6) is 0.867. The van der Waals surface area contributed by atoms with Gasteiger partial charge in [-0.1, -0.05) is 55.5 Å². The topological polar surface area (TPSA) is 127 Å². The van der Waals surface area contributed by atoms with Crippen molar-refractivity contribution in [3.8, 4) is 22.5 Å². The van der Waals surface area contributed by atoms with E-state index in [1.54, 1.807) is 11.4 Å². The number of aromatic amines is 1. The van der Waals surface area contributed by atoms with Crippen LogP contribution in [0, 0.1) is 6.92 Å². The smallest absolute Gasteiger partial charge is 0.356 e. The minimum Gasteiger partial charge on any atom is -0.476 e. The van der Waals surface area contributed by atoms with Gasteiger partial charge >= 0.3 is 5.97 Å². The minimum atomic E-state index is -1.05. The minimum absolute atomic E-state index is 0.0253. The summed E-state index contributed by atoms with van der Waals surface area (Å²) in [6, 6.07) is 16.1. The van der Waals surface area contributed by atoms with Gasteiger partial charge in [0.15, 0.2) is 5.69 Å². The molecular weight excluding hydrogens is 408 g/mol. The molecule has 0 saturated heterocycles. The van der Waals surface area contributed by atoms with Crippen molar-refractivity contribution in [2.24, 2.45) is 0 Å². The van der Waals surface area contributed by atoms with E-state index in [4.69, 9.17) is 0 Å². The highest BCUT2D eigenvalue weighted by molar-refractivity contribution is 5.87. The SMILES string of the molecule is CCc1nn2c(C)c(C(=O)O)nc2n1Cc1ccc(-c2ccccc2-c2nn[nH]n2)cc1. The van der Waals surface area contributed by atoms with E-state index < -0.39 is 5.97 Å². The molecule has 3 heterocycles. The fraction of sp³-hybridized carbons (Fsp3) is 0.182. The Bertz CT molecular complexity index is 1410. The van der Waals surface area contributed by atoms with E-state index in [9.17, 15) is 9.90 Å². The summed E-state index contributed by atoms with van der Waals surface area (Å²) < 4.78 is 3.57. The third kappa shape index (κ3) is 3.22. The quantitative estimate of drug-likeness (QED) is 0.426. The van der Waals surface area contributed by atoms with Crippen molar-refractivity contribution in [2.75, 3.05) is 0 Å². The van der Waals surface area contributed by atoms with E-state index in [1.165, 1.54) is 0 Å². The molecule has 10 heteroatoms. The number of carbonyl (C=O) groups is 1. The van der Waals surface area contributed by atoms with Gasteiger partial charge in [-0.05, 0) is 28.8 Å². The van der Waals surface area contributed by atoms with Crippen LogP contribution in [0.5, 0.6) is 0 Å². The Morgan fingerprint density at radius 2 is 1.84 bits per heavy atom. The Morgan fingerprint density at radius 3 is 2.50 bits per heavy atom. The van der Waals surface area contributed by atoms with Crippen LogP contribution in [0.3, 0.4) is 0 Å². The normalized spacial score (nSPS) is 11.3. The molecule has 0 saturated carbocycles. The summed E-state index contributed by atoms with van der Waals surface area (Å²) in [6.07, 6.45) is 0.710. The molecule has 160 valence electrons. The molecular formula is C22H20N8O2. The first-order valence-corrected chi connectivity index (χ1v) is 10.2. The van der Waals surface area contributed by atoms with E-state index in [0.717, 1.165) is 28.1 Å². The number of nitrogens with one attached hydrogen (secondary N) is 1. The number of aromatic carboxylic acids is 1. The summed E-state index contributed by atoms with van der Waals surface area (Å²) in [4.78, 5) is 15.8. The van der Waals surface area contributed by atoms with Gasteiger partial charge in [-0.25, -0.2) is 14.3 Å². The summed E-state index contributed by atoms with van der Waals surface area (Å²) >= 11 is 0. The molecule has 0 unspecified atom stereocenters. The molecule has 0 aliphatic rings. The van der Waals surface area contributed by atoms with Crippen LogP contribution in [-0.4, -0.2) is 50.9 Å². The standard InChI is InChI=1S/C22H20N8O2/c1-3-18-26-30-13(2)19(21(31)32)23-22(30)29(18)12-14-8-10-15(11-9-14)16-6-4-5-7-17(16)20-24-27-28-25-20/h4-11H,3,12H2,1-2H3,(H,31,32)(H,24,25,27,28). The number of aromatic nitrogens is 8. The number of hydrogen-bond donors (Lipinski definition) is 2. The molecule has 2 aromatic carbocycles. The Hall–Kier alpha value is -4.34. The molecule has 0 aliphatic heterocycles. The lowest BCUT2D eigenvalue weighted by Gasteiger charge is -2.09. The average molecular weight is 428 g/mol. The maximum absolute atomic E-state index is 11.5. The fourth-order valence-electron chi connectivity index (χ4n) is 3.86. The van der Waals surface area contributed by atoms with E-state index >= 15 is 0 Å². The second-order valence-corrected chi connectivity index (χ2v) is 7.40. The average Bonchev–Trinajstić information content (AvgIpc) is 3.52. The van der Waals surface area contributed by atoms with Gasteiger partial charge < -0.3 is 5.11 Å². The van der Waals surface area contributed by atoms with Crippen molar-refractivity contribution in [1.29, 1.82) is 0 Å². The number of carboxylic acids is 1. The maximum atomic E-state index is 11.5. The summed E-state index contributed by atoms with van der Waals surface area (Å²) in [5, 5.41) is 28.3. The number of aryl methyl sites for hydroxylation is 2. The molecule has 0 atom stereocenters. The fourth-order valence-corrected chi connectivity index (χ4v) is 3.86. The zero-order valence-electron chi connectivity index (χ0n) is 17.5. The number of benzene rings is 2. The first-order chi connectivity index (χ1) is 15.6. The van der Waals surface area contributed by atoms with Gasteiger partial charge in [0.05, 0.1) is 12.2 Å². The zero-order valence-corrected chi connectivity index (χ0v) is 17.5. The predicted octanol–water partition coefficient (Wildman–Crippen LogP) is 3.00. The highest BCUT2D eigenvalue weighted by atomic mass is 16.4. The van der Waals surface area contributed by atoms with E-state index in [1.807, 2.05) is 60.0 Å². The highest BCUT2D eigenvalue weighted by Gasteiger charge is 2.21. The lowest BCUT2D eigenvalue weighted by atomic mass is 9.98. The number of imidazole rings is 1. The molecule has 3 aromatic heterocycles. The van der Waals surface area contributed by atoms with Crippen molar-refractivity contribution < 1.29 is 9.90 Å². The molecule has 5 aromatic rings. The summed E-state index contributed by atoms with van der Waals surface area (Å²) in [5.41, 5.74) is 4.54. The molecule has 0 aliphatic carbocycles. The van der Waals surface area contributed by atoms with Crippen LogP contribution >= 0.6 is 0 Å². The Kier molecular flexibility index (Phi) is 4.74. The molecule has 0 bridgehead atoms. The maximum Gasteiger partial charge on any atom is 0.356 e. The molecule has 2 N–H and O–H groups in total. The van der Waals surface area contributed by atoms with Crippen molar-refractivity contribution in [3.05, 3.63) is 71.3 Å². The van der Waals surface area contributed by atoms with Gasteiger partial charge in [-0.2, -0.15) is 10.3 Å². The summed E-state index contributed by atoms with van der Waals surface area (Å²) in [6.45, 7) is 4.27. The van der Waals surface area contributed by atoms with Crippen LogP contribution in [0.25, 0.3) is 28.3 Å². The number of tetrazole rings is 1. The van der Waals surface area contributed by atoms with E-state index in [-0.39, 0.29) is 5.69 Å². The number of H-pyrrole nitrogens is 1. The zero-order chi connectivity index (χ0) is 22.2. The molecule has 0 fully saturated rings. The van der Waals surface area contributed by atoms with Crippen molar-refractivity contribution >= 4 is 11.7 Å². The number of hydrogen-bond acceptors (Lipinski definition) is 6. The first-order valence-electron chi connectivity index (χ1n) is 10.2. The van der Waals surface area contributed by atoms with E-state index in [2.05, 4.69) is 30.7 Å². The van der Waals surface area contributed by atoms with Crippen LogP contribution in [0.2, 0.25) is 0 Å². The molecule has 5 rings (SSSR count). The molecule has 0 spiro atoms. The van der Waals surface area contributed by atoms with E-state index in [0.29, 0.717) is 30.3 Å². The van der Waals surface area contributed by atoms with Gasteiger partial charge in [-0.15, -0.1) is 10.2 Å². The van der Waals surface area contributed by atoms with Crippen LogP contribution in [0.15, 0.2) is 48.5 Å². The molecule has 0 radical (unpaired) electrons. The number of rotatable bonds is 6. The number of fused-ring (bicyclic) bond motifs is 1. The van der Waals surface area contributed by atoms with Gasteiger partial charge in [0.2, 0.25) is 11.6 Å². The largest absolute Gasteiger partial charge is 0.476 e. The Morgan fingerprint density at radius 1 is 1.09 bits per heavy atom. The van der Waals surface area contributed by atoms with Crippen LogP contribution < -0.4 is 0 Å². The van der Waals surface area contributed by atoms with Crippen LogP contribution in [-0.2, 0) is 13.0 Å². The third-order valence-corrected chi connectivity index (χ3v) is 5.47. The second-order valence-electron chi connectivity index (χ2n) is 7.40. The predicted molar refractivity (Wildman–Crippen MR) is 116 cm³/mol. The third-order valence-electron chi connectivity index (χ3n) is 5.47. The second kappa shape index (κ2) is 7.73. The number of nitrogens with zero attached hydrogens (tertiary/aromatic N) is 7. The molecule has 10 nitrogen and oxygen atoms in total. The Labute approximate surface area is 182 Å². The number of carboxylic acid groups (broad SMARTS) is 1. The lowest BCUT2D eigenvalue weighted by Crippen LogP contribution is -2.06. The van der Waals surface area contributed by atoms with Gasteiger partial charge in [0, 0.05) is 12.0 Å². The van der Waals surface area contributed by atoms with Crippen molar-refractivity contribution in [2.45, 2.75) is 26.8 Å². The van der Waals surface area contributed by atoms with Crippen molar-refractivity contribution in [3.63, 3.8) is 0 Å². The van der Waals surface area contributed by atoms with Crippen molar-refractivity contribution in [1.82, 2.24) is 39.8 Å². The monoisotopic (exact) mass is 428 g/mol. The molecule has 32 heavy (non-hydrogen) atoms. The highest BCUT2D eigenvalue weighted by Crippen LogP contribution is 2.30. The first kappa shape index (κ1) is 19.6. The van der Waals surface area contributed by atoms with Gasteiger partial charge in [0.1, 0.15) is 5.82 Å². The van der Waals surface area contributed by atoms with Gasteiger partial charge in [-0.3, -0.25) is 4.57 Å².